The van der Waals surface area contributed by atoms with Crippen molar-refractivity contribution in [1.82, 2.24) is 0 Å². The zero-order valence-corrected chi connectivity index (χ0v) is 32.1. The molecular formula is C42H72NO3S+. The minimum absolute atomic E-state index is 0.283. The second kappa shape index (κ2) is 26.2. The Hall–Kier alpha value is -1.69. The number of nitrogens with zero attached hydrogens (tertiary/aromatic N) is 1. The Morgan fingerprint density at radius 1 is 0.532 bits per heavy atom. The van der Waals surface area contributed by atoms with Gasteiger partial charge in [0.2, 0.25) is 0 Å². The summed E-state index contributed by atoms with van der Waals surface area (Å²) in [4.78, 5) is 2.56. The zero-order valence-electron chi connectivity index (χ0n) is 31.3. The third-order valence-corrected chi connectivity index (χ3v) is 10.8. The number of unbranched alkanes of at least 4 members (excludes halogenated alkanes) is 18. The lowest BCUT2D eigenvalue weighted by Gasteiger charge is -2.28. The topological polar surface area (TPSA) is 38.7 Å². The van der Waals surface area contributed by atoms with Crippen molar-refractivity contribution >= 4 is 11.8 Å². The Kier molecular flexibility index (Phi) is 23.1. The molecule has 0 fully saturated rings. The van der Waals surface area contributed by atoms with E-state index in [4.69, 9.17) is 14.6 Å². The third kappa shape index (κ3) is 20.4. The van der Waals surface area contributed by atoms with Crippen LogP contribution in [0.2, 0.25) is 0 Å². The van der Waals surface area contributed by atoms with Crippen LogP contribution in [0, 0.1) is 13.8 Å². The fraction of sp³-hybridized carbons (Fsp3) is 0.714. The standard InChI is InChI=1S/C42H72NO3S/c1-6-7-8-9-10-11-12-13-15-18-21-24-33-45-39-26-28-41(37(2)35-39)47-42-29-27-40(36-38(42)3)46-34-25-22-19-16-14-17-20-23-30-43(4,5)31-32-44/h26-29,35-36,44H,6-25,30-34H2,1-5H3/q+1. The summed E-state index contributed by atoms with van der Waals surface area (Å²) >= 11 is 1.83. The van der Waals surface area contributed by atoms with E-state index >= 15 is 0 Å². The fourth-order valence-corrected chi connectivity index (χ4v) is 7.13. The number of aliphatic hydroxyl groups excluding tert-OH is 1. The molecular weight excluding hydrogens is 599 g/mol. The number of ether oxygens (including phenoxy) is 2. The van der Waals surface area contributed by atoms with Crippen molar-refractivity contribution in [2.24, 2.45) is 0 Å². The Morgan fingerprint density at radius 3 is 1.30 bits per heavy atom. The molecule has 0 radical (unpaired) electrons. The minimum Gasteiger partial charge on any atom is -0.494 e. The van der Waals surface area contributed by atoms with Gasteiger partial charge in [0.15, 0.2) is 0 Å². The molecule has 0 spiro atoms. The lowest BCUT2D eigenvalue weighted by molar-refractivity contribution is -0.890. The Labute approximate surface area is 295 Å². The maximum atomic E-state index is 9.15. The van der Waals surface area contributed by atoms with E-state index in [0.29, 0.717) is 0 Å². The van der Waals surface area contributed by atoms with Crippen molar-refractivity contribution < 1.29 is 19.1 Å². The van der Waals surface area contributed by atoms with E-state index < -0.39 is 0 Å². The van der Waals surface area contributed by atoms with Gasteiger partial charge in [-0.3, -0.25) is 0 Å². The van der Waals surface area contributed by atoms with Crippen LogP contribution in [0.25, 0.3) is 0 Å². The fourth-order valence-electron chi connectivity index (χ4n) is 6.18. The second-order valence-corrected chi connectivity index (χ2v) is 15.6. The number of hydrogen-bond acceptors (Lipinski definition) is 4. The lowest BCUT2D eigenvalue weighted by Crippen LogP contribution is -2.42. The molecule has 2 aromatic rings. The maximum Gasteiger partial charge on any atom is 0.119 e. The summed E-state index contributed by atoms with van der Waals surface area (Å²) < 4.78 is 13.1. The van der Waals surface area contributed by atoms with Crippen LogP contribution in [0.3, 0.4) is 0 Å². The molecule has 0 aliphatic rings. The van der Waals surface area contributed by atoms with Crippen molar-refractivity contribution in [2.75, 3.05) is 47.0 Å². The highest BCUT2D eigenvalue weighted by atomic mass is 32.2. The lowest BCUT2D eigenvalue weighted by atomic mass is 10.1. The van der Waals surface area contributed by atoms with Crippen molar-refractivity contribution in [2.45, 2.75) is 159 Å². The van der Waals surface area contributed by atoms with Crippen molar-refractivity contribution in [3.8, 4) is 11.5 Å². The molecule has 2 aromatic carbocycles. The van der Waals surface area contributed by atoms with E-state index in [1.807, 2.05) is 11.8 Å². The van der Waals surface area contributed by atoms with Gasteiger partial charge in [-0.05, 0) is 87.1 Å². The van der Waals surface area contributed by atoms with Crippen LogP contribution < -0.4 is 9.47 Å². The van der Waals surface area contributed by atoms with E-state index in [-0.39, 0.29) is 6.61 Å². The van der Waals surface area contributed by atoms with Crippen LogP contribution in [0.15, 0.2) is 46.2 Å². The summed E-state index contributed by atoms with van der Waals surface area (Å²) in [6.07, 6.45) is 26.6. The molecule has 5 heteroatoms. The molecule has 0 unspecified atom stereocenters. The first-order chi connectivity index (χ1) is 22.8. The van der Waals surface area contributed by atoms with Crippen LogP contribution >= 0.6 is 11.8 Å². The summed E-state index contributed by atoms with van der Waals surface area (Å²) in [6, 6.07) is 13.0. The molecule has 0 aromatic heterocycles. The van der Waals surface area contributed by atoms with E-state index in [9.17, 15) is 0 Å². The van der Waals surface area contributed by atoms with Gasteiger partial charge in [0.1, 0.15) is 18.0 Å². The molecule has 47 heavy (non-hydrogen) atoms. The Balaban J connectivity index is 1.54. The van der Waals surface area contributed by atoms with Crippen LogP contribution in [0.4, 0.5) is 0 Å². The zero-order chi connectivity index (χ0) is 34.0. The molecule has 0 atom stereocenters. The molecule has 0 heterocycles. The predicted molar refractivity (Wildman–Crippen MR) is 204 cm³/mol. The number of hydrogen-bond donors (Lipinski definition) is 1. The van der Waals surface area contributed by atoms with Gasteiger partial charge in [-0.25, -0.2) is 0 Å². The van der Waals surface area contributed by atoms with Gasteiger partial charge < -0.3 is 19.1 Å². The normalized spacial score (nSPS) is 11.7. The number of quaternary nitrogens is 1. The van der Waals surface area contributed by atoms with Crippen LogP contribution in [-0.2, 0) is 0 Å². The molecule has 0 aliphatic carbocycles. The van der Waals surface area contributed by atoms with Crippen molar-refractivity contribution in [3.05, 3.63) is 47.5 Å². The smallest absolute Gasteiger partial charge is 0.119 e. The van der Waals surface area contributed by atoms with E-state index in [1.54, 1.807) is 0 Å². The average Bonchev–Trinajstić information content (AvgIpc) is 3.04. The largest absolute Gasteiger partial charge is 0.494 e. The quantitative estimate of drug-likeness (QED) is 0.0663. The van der Waals surface area contributed by atoms with Crippen LogP contribution in [-0.4, -0.2) is 56.6 Å². The molecule has 0 bridgehead atoms. The second-order valence-electron chi connectivity index (χ2n) is 14.5. The summed E-state index contributed by atoms with van der Waals surface area (Å²) in [7, 11) is 4.42. The molecule has 2 rings (SSSR count). The summed E-state index contributed by atoms with van der Waals surface area (Å²) in [6.45, 7) is 10.6. The molecule has 0 saturated heterocycles. The van der Waals surface area contributed by atoms with Crippen molar-refractivity contribution in [1.29, 1.82) is 0 Å². The molecule has 1 N–H and O–H groups in total. The summed E-state index contributed by atoms with van der Waals surface area (Å²) in [5, 5.41) is 9.15. The first-order valence-corrected chi connectivity index (χ1v) is 20.2. The van der Waals surface area contributed by atoms with Gasteiger partial charge in [0.05, 0.1) is 40.5 Å². The minimum atomic E-state index is 0.283. The predicted octanol–water partition coefficient (Wildman–Crippen LogP) is 12.1. The number of benzene rings is 2. The van der Waals surface area contributed by atoms with Gasteiger partial charge in [0, 0.05) is 9.79 Å². The van der Waals surface area contributed by atoms with E-state index in [2.05, 4.69) is 71.3 Å². The van der Waals surface area contributed by atoms with Gasteiger partial charge in [-0.1, -0.05) is 121 Å². The average molecular weight is 671 g/mol. The van der Waals surface area contributed by atoms with E-state index in [1.165, 1.54) is 143 Å². The first-order valence-electron chi connectivity index (χ1n) is 19.4. The molecule has 0 amide bonds. The molecule has 0 saturated carbocycles. The van der Waals surface area contributed by atoms with E-state index in [0.717, 1.165) is 48.6 Å². The highest BCUT2D eigenvalue weighted by molar-refractivity contribution is 7.99. The third-order valence-electron chi connectivity index (χ3n) is 9.41. The first kappa shape index (κ1) is 41.5. The monoisotopic (exact) mass is 671 g/mol. The molecule has 268 valence electrons. The highest BCUT2D eigenvalue weighted by Crippen LogP contribution is 2.35. The summed E-state index contributed by atoms with van der Waals surface area (Å²) in [5.74, 6) is 1.97. The maximum absolute atomic E-state index is 9.15. The van der Waals surface area contributed by atoms with Gasteiger partial charge in [0.25, 0.3) is 0 Å². The highest BCUT2D eigenvalue weighted by Gasteiger charge is 2.12. The Bertz CT molecular complexity index is 1060. The van der Waals surface area contributed by atoms with Gasteiger partial charge >= 0.3 is 0 Å². The van der Waals surface area contributed by atoms with Crippen LogP contribution in [0.5, 0.6) is 11.5 Å². The number of likely N-dealkylation sites (N-methyl/N-ethyl adjacent to an activating group) is 1. The van der Waals surface area contributed by atoms with Gasteiger partial charge in [-0.15, -0.1) is 0 Å². The van der Waals surface area contributed by atoms with Crippen LogP contribution in [0.1, 0.15) is 146 Å². The number of aliphatic hydroxyl groups is 1. The molecule has 0 aliphatic heterocycles. The number of aryl methyl sites for hydroxylation is 2. The van der Waals surface area contributed by atoms with Gasteiger partial charge in [-0.2, -0.15) is 0 Å². The van der Waals surface area contributed by atoms with Crippen molar-refractivity contribution in [3.63, 3.8) is 0 Å². The summed E-state index contributed by atoms with van der Waals surface area (Å²) in [5.41, 5.74) is 2.53. The molecule has 4 nitrogen and oxygen atoms in total. The SMILES string of the molecule is CCCCCCCCCCCCCCOc1ccc(Sc2ccc(OCCCCCCCCCC[N+](C)(C)CCO)cc2C)c(C)c1. The Morgan fingerprint density at radius 2 is 0.915 bits per heavy atom. The number of rotatable bonds is 30.